The zero-order chi connectivity index (χ0) is 15.9. The molecule has 1 aliphatic carbocycles. The zero-order valence-electron chi connectivity index (χ0n) is 11.7. The molecule has 1 aromatic carbocycles. The summed E-state index contributed by atoms with van der Waals surface area (Å²) in [4.78, 5) is 15.9. The molecule has 0 saturated heterocycles. The number of benzene rings is 1. The van der Waals surface area contributed by atoms with Crippen molar-refractivity contribution in [2.24, 2.45) is 5.92 Å². The summed E-state index contributed by atoms with van der Waals surface area (Å²) in [6, 6.07) is 7.96. The van der Waals surface area contributed by atoms with Gasteiger partial charge in [0.15, 0.2) is 0 Å². The SMILES string of the molecule is Cc1cc(F)c(NC(=O)[C@H]2CC2(F)F)cc1-c1ccccn1. The fraction of sp³-hybridized carbons (Fsp3) is 0.250. The van der Waals surface area contributed by atoms with Crippen LogP contribution in [0.15, 0.2) is 36.5 Å². The molecule has 3 rings (SSSR count). The van der Waals surface area contributed by atoms with Crippen LogP contribution in [0.4, 0.5) is 18.9 Å². The molecule has 0 radical (unpaired) electrons. The quantitative estimate of drug-likeness (QED) is 0.937. The van der Waals surface area contributed by atoms with Gasteiger partial charge in [0.05, 0.1) is 11.4 Å². The molecule has 0 aliphatic heterocycles. The minimum Gasteiger partial charge on any atom is -0.323 e. The lowest BCUT2D eigenvalue weighted by atomic mass is 10.0. The van der Waals surface area contributed by atoms with Crippen molar-refractivity contribution in [2.75, 3.05) is 5.32 Å². The Morgan fingerprint density at radius 2 is 2.09 bits per heavy atom. The number of anilines is 1. The van der Waals surface area contributed by atoms with Crippen LogP contribution in [-0.4, -0.2) is 16.8 Å². The molecule has 1 amide bonds. The first-order valence-corrected chi connectivity index (χ1v) is 6.79. The molecule has 1 aromatic heterocycles. The molecule has 1 saturated carbocycles. The Labute approximate surface area is 125 Å². The molecule has 2 aromatic rings. The predicted molar refractivity (Wildman–Crippen MR) is 76.1 cm³/mol. The third-order valence-electron chi connectivity index (χ3n) is 3.66. The first kappa shape index (κ1) is 14.6. The van der Waals surface area contributed by atoms with Gasteiger partial charge in [-0.2, -0.15) is 0 Å². The van der Waals surface area contributed by atoms with E-state index < -0.39 is 30.0 Å². The number of aryl methyl sites for hydroxylation is 1. The van der Waals surface area contributed by atoms with Gasteiger partial charge in [-0.15, -0.1) is 0 Å². The third kappa shape index (κ3) is 2.68. The van der Waals surface area contributed by atoms with Gasteiger partial charge in [0.2, 0.25) is 5.91 Å². The minimum absolute atomic E-state index is 0.112. The summed E-state index contributed by atoms with van der Waals surface area (Å²) < 4.78 is 39.7. The largest absolute Gasteiger partial charge is 0.323 e. The number of halogens is 3. The van der Waals surface area contributed by atoms with Crippen LogP contribution in [0.2, 0.25) is 0 Å². The van der Waals surface area contributed by atoms with Gasteiger partial charge < -0.3 is 5.32 Å². The van der Waals surface area contributed by atoms with E-state index in [2.05, 4.69) is 10.3 Å². The Balaban J connectivity index is 1.90. The van der Waals surface area contributed by atoms with Crippen LogP contribution in [0.25, 0.3) is 11.3 Å². The molecule has 1 aliphatic rings. The summed E-state index contributed by atoms with van der Waals surface area (Å²) in [5, 5.41) is 2.24. The molecule has 0 unspecified atom stereocenters. The van der Waals surface area contributed by atoms with Gasteiger partial charge in [-0.1, -0.05) is 6.07 Å². The van der Waals surface area contributed by atoms with Gasteiger partial charge in [-0.3, -0.25) is 9.78 Å². The van der Waals surface area contributed by atoms with Gasteiger partial charge >= 0.3 is 0 Å². The minimum atomic E-state index is -2.98. The highest BCUT2D eigenvalue weighted by Crippen LogP contribution is 2.49. The van der Waals surface area contributed by atoms with Gasteiger partial charge in [0.25, 0.3) is 5.92 Å². The molecule has 0 spiro atoms. The van der Waals surface area contributed by atoms with Gasteiger partial charge in [-0.25, -0.2) is 13.2 Å². The van der Waals surface area contributed by atoms with Crippen LogP contribution in [0.5, 0.6) is 0 Å². The number of rotatable bonds is 3. The first-order chi connectivity index (χ1) is 10.4. The number of hydrogen-bond acceptors (Lipinski definition) is 2. The summed E-state index contributed by atoms with van der Waals surface area (Å²) in [7, 11) is 0. The summed E-state index contributed by atoms with van der Waals surface area (Å²) in [5.41, 5.74) is 1.79. The molecule has 1 atom stereocenters. The van der Waals surface area contributed by atoms with E-state index >= 15 is 0 Å². The van der Waals surface area contributed by atoms with Crippen LogP contribution in [0, 0.1) is 18.7 Å². The van der Waals surface area contributed by atoms with Crippen LogP contribution in [-0.2, 0) is 4.79 Å². The van der Waals surface area contributed by atoms with Crippen LogP contribution in [0.3, 0.4) is 0 Å². The second kappa shape index (κ2) is 5.12. The number of carbonyl (C=O) groups excluding carboxylic acids is 1. The smallest absolute Gasteiger partial charge is 0.260 e. The second-order valence-electron chi connectivity index (χ2n) is 5.37. The summed E-state index contributed by atoms with van der Waals surface area (Å²) in [6.07, 6.45) is 1.11. The number of pyridine rings is 1. The highest BCUT2D eigenvalue weighted by molar-refractivity contribution is 5.96. The van der Waals surface area contributed by atoms with E-state index in [4.69, 9.17) is 0 Å². The van der Waals surface area contributed by atoms with E-state index in [1.165, 1.54) is 12.1 Å². The van der Waals surface area contributed by atoms with Crippen molar-refractivity contribution >= 4 is 11.6 Å². The molecular weight excluding hydrogens is 293 g/mol. The number of carbonyl (C=O) groups is 1. The average molecular weight is 306 g/mol. The molecule has 114 valence electrons. The van der Waals surface area contributed by atoms with Crippen molar-refractivity contribution in [3.05, 3.63) is 47.9 Å². The van der Waals surface area contributed by atoms with Gasteiger partial charge in [0, 0.05) is 18.2 Å². The van der Waals surface area contributed by atoms with E-state index in [9.17, 15) is 18.0 Å². The third-order valence-corrected chi connectivity index (χ3v) is 3.66. The number of aromatic nitrogens is 1. The maximum absolute atomic E-state index is 14.0. The Kier molecular flexibility index (Phi) is 3.39. The highest BCUT2D eigenvalue weighted by Gasteiger charge is 2.61. The van der Waals surface area contributed by atoms with E-state index in [0.29, 0.717) is 16.8 Å². The van der Waals surface area contributed by atoms with Crippen LogP contribution < -0.4 is 5.32 Å². The van der Waals surface area contributed by atoms with Crippen molar-refractivity contribution in [2.45, 2.75) is 19.3 Å². The summed E-state index contributed by atoms with van der Waals surface area (Å²) in [6.45, 7) is 1.72. The molecular formula is C16H13F3N2O. The first-order valence-electron chi connectivity index (χ1n) is 6.79. The number of nitrogens with one attached hydrogen (secondary N) is 1. The van der Waals surface area contributed by atoms with Crippen molar-refractivity contribution in [1.29, 1.82) is 0 Å². The van der Waals surface area contributed by atoms with Crippen molar-refractivity contribution in [3.63, 3.8) is 0 Å². The summed E-state index contributed by atoms with van der Waals surface area (Å²) >= 11 is 0. The lowest BCUT2D eigenvalue weighted by Crippen LogP contribution is -2.18. The number of amides is 1. The van der Waals surface area contributed by atoms with Crippen molar-refractivity contribution in [3.8, 4) is 11.3 Å². The Hall–Kier alpha value is -2.37. The van der Waals surface area contributed by atoms with Crippen molar-refractivity contribution < 1.29 is 18.0 Å². The second-order valence-corrected chi connectivity index (χ2v) is 5.37. The normalized spacial score (nSPS) is 18.8. The molecule has 1 heterocycles. The number of hydrogen-bond donors (Lipinski definition) is 1. The Morgan fingerprint density at radius 3 is 2.68 bits per heavy atom. The predicted octanol–water partition coefficient (Wildman–Crippen LogP) is 3.79. The molecule has 22 heavy (non-hydrogen) atoms. The average Bonchev–Trinajstić information content (AvgIpc) is 3.12. The molecule has 3 nitrogen and oxygen atoms in total. The standard InChI is InChI=1S/C16H13F3N2O/c1-9-6-12(17)14(21-15(22)11-8-16(11,18)19)7-10(9)13-4-2-3-5-20-13/h2-7,11H,8H2,1H3,(H,21,22)/t11-/m1/s1. The monoisotopic (exact) mass is 306 g/mol. The van der Waals surface area contributed by atoms with E-state index in [-0.39, 0.29) is 5.69 Å². The van der Waals surface area contributed by atoms with Gasteiger partial charge in [0.1, 0.15) is 11.7 Å². The Bertz CT molecular complexity index is 732. The summed E-state index contributed by atoms with van der Waals surface area (Å²) in [5.74, 6) is -5.87. The number of alkyl halides is 2. The van der Waals surface area contributed by atoms with E-state index in [1.54, 1.807) is 31.3 Å². The molecule has 6 heteroatoms. The topological polar surface area (TPSA) is 42.0 Å². The van der Waals surface area contributed by atoms with Gasteiger partial charge in [-0.05, 0) is 36.8 Å². The van der Waals surface area contributed by atoms with Crippen LogP contribution in [0.1, 0.15) is 12.0 Å². The lowest BCUT2D eigenvalue weighted by molar-refractivity contribution is -0.119. The Morgan fingerprint density at radius 1 is 1.36 bits per heavy atom. The molecule has 0 bridgehead atoms. The fourth-order valence-corrected chi connectivity index (χ4v) is 2.28. The van der Waals surface area contributed by atoms with E-state index in [1.807, 2.05) is 0 Å². The van der Waals surface area contributed by atoms with Crippen molar-refractivity contribution in [1.82, 2.24) is 4.98 Å². The lowest BCUT2D eigenvalue weighted by Gasteiger charge is -2.11. The number of nitrogens with zero attached hydrogens (tertiary/aromatic N) is 1. The fourth-order valence-electron chi connectivity index (χ4n) is 2.28. The molecule has 1 N–H and O–H groups in total. The highest BCUT2D eigenvalue weighted by atomic mass is 19.3. The maximum atomic E-state index is 14.0. The zero-order valence-corrected chi connectivity index (χ0v) is 11.7. The maximum Gasteiger partial charge on any atom is 0.260 e. The van der Waals surface area contributed by atoms with E-state index in [0.717, 1.165) is 0 Å². The van der Waals surface area contributed by atoms with Crippen LogP contribution >= 0.6 is 0 Å². The molecule has 1 fully saturated rings.